The first-order valence-electron chi connectivity index (χ1n) is 5.68. The van der Waals surface area contributed by atoms with Crippen LogP contribution in [-0.2, 0) is 14.8 Å². The molecule has 0 aromatic heterocycles. The molecule has 0 aromatic carbocycles. The van der Waals surface area contributed by atoms with E-state index in [1.54, 1.807) is 0 Å². The maximum absolute atomic E-state index is 12.0. The van der Waals surface area contributed by atoms with Gasteiger partial charge in [-0.2, -0.15) is 4.31 Å². The summed E-state index contributed by atoms with van der Waals surface area (Å²) in [7, 11) is -3.15. The number of nitrogens with zero attached hydrogens (tertiary/aromatic N) is 1. The highest BCUT2D eigenvalue weighted by molar-refractivity contribution is 7.89. The highest BCUT2D eigenvalue weighted by Crippen LogP contribution is 2.14. The lowest BCUT2D eigenvalue weighted by atomic mass is 10.2. The Morgan fingerprint density at radius 2 is 2.06 bits per heavy atom. The van der Waals surface area contributed by atoms with Crippen molar-refractivity contribution in [2.45, 2.75) is 32.9 Å². The van der Waals surface area contributed by atoms with E-state index in [-0.39, 0.29) is 23.8 Å². The Kier molecular flexibility index (Phi) is 4.73. The first-order valence-corrected chi connectivity index (χ1v) is 7.29. The second-order valence-electron chi connectivity index (χ2n) is 4.80. The Morgan fingerprint density at radius 3 is 2.56 bits per heavy atom. The van der Waals surface area contributed by atoms with Crippen molar-refractivity contribution < 1.29 is 13.2 Å². The van der Waals surface area contributed by atoms with Gasteiger partial charge in [0.2, 0.25) is 10.0 Å². The van der Waals surface area contributed by atoms with Crippen LogP contribution in [0.3, 0.4) is 0 Å². The first-order chi connectivity index (χ1) is 7.33. The van der Waals surface area contributed by atoms with Crippen LogP contribution in [-0.4, -0.2) is 50.3 Å². The number of nitrogens with two attached hydrogens (primary N) is 1. The minimum absolute atomic E-state index is 0.140. The number of hydrogen-bond donors (Lipinski definition) is 1. The molecule has 0 aliphatic carbocycles. The Balaban J connectivity index is 2.66. The van der Waals surface area contributed by atoms with E-state index in [1.807, 2.05) is 20.8 Å². The van der Waals surface area contributed by atoms with Gasteiger partial charge in [-0.3, -0.25) is 0 Å². The molecule has 16 heavy (non-hydrogen) atoms. The average molecular weight is 250 g/mol. The topological polar surface area (TPSA) is 72.6 Å². The van der Waals surface area contributed by atoms with Crippen LogP contribution in [0.15, 0.2) is 0 Å². The molecule has 2 N–H and O–H groups in total. The number of morpholine rings is 1. The molecule has 96 valence electrons. The SMILES string of the molecule is CC(C)CS(=O)(=O)N1CCOC(C(C)N)C1. The molecule has 0 spiro atoms. The van der Waals surface area contributed by atoms with Crippen molar-refractivity contribution in [1.82, 2.24) is 4.31 Å². The fourth-order valence-electron chi connectivity index (χ4n) is 1.75. The van der Waals surface area contributed by atoms with Gasteiger partial charge >= 0.3 is 0 Å². The molecule has 1 aliphatic heterocycles. The zero-order valence-corrected chi connectivity index (χ0v) is 11.0. The Labute approximate surface area is 98.0 Å². The smallest absolute Gasteiger partial charge is 0.214 e. The fraction of sp³-hybridized carbons (Fsp3) is 1.00. The third-order valence-electron chi connectivity index (χ3n) is 2.58. The van der Waals surface area contributed by atoms with Gasteiger partial charge in [0.05, 0.1) is 18.5 Å². The number of sulfonamides is 1. The molecule has 1 aliphatic rings. The molecule has 6 heteroatoms. The lowest BCUT2D eigenvalue weighted by Crippen LogP contribution is -2.52. The van der Waals surface area contributed by atoms with Crippen LogP contribution in [0.25, 0.3) is 0 Å². The predicted molar refractivity (Wildman–Crippen MR) is 63.6 cm³/mol. The van der Waals surface area contributed by atoms with Crippen LogP contribution in [0.1, 0.15) is 20.8 Å². The lowest BCUT2D eigenvalue weighted by Gasteiger charge is -2.34. The molecule has 0 amide bonds. The highest BCUT2D eigenvalue weighted by atomic mass is 32.2. The third-order valence-corrected chi connectivity index (χ3v) is 4.79. The van der Waals surface area contributed by atoms with Crippen molar-refractivity contribution in [3.8, 4) is 0 Å². The van der Waals surface area contributed by atoms with Gasteiger partial charge in [0.25, 0.3) is 0 Å². The summed E-state index contributed by atoms with van der Waals surface area (Å²) in [5.41, 5.74) is 5.73. The normalized spacial score (nSPS) is 25.9. The van der Waals surface area contributed by atoms with Crippen LogP contribution >= 0.6 is 0 Å². The molecule has 2 unspecified atom stereocenters. The van der Waals surface area contributed by atoms with Gasteiger partial charge < -0.3 is 10.5 Å². The second-order valence-corrected chi connectivity index (χ2v) is 6.81. The van der Waals surface area contributed by atoms with E-state index in [0.717, 1.165) is 0 Å². The van der Waals surface area contributed by atoms with E-state index in [4.69, 9.17) is 10.5 Å². The standard InChI is InChI=1S/C10H22N2O3S/c1-8(2)7-16(13,14)12-4-5-15-10(6-12)9(3)11/h8-10H,4-7,11H2,1-3H3. The molecule has 1 saturated heterocycles. The van der Waals surface area contributed by atoms with Gasteiger partial charge in [-0.1, -0.05) is 13.8 Å². The molecular formula is C10H22N2O3S. The van der Waals surface area contributed by atoms with Crippen molar-refractivity contribution in [3.05, 3.63) is 0 Å². The van der Waals surface area contributed by atoms with E-state index in [1.165, 1.54) is 4.31 Å². The summed E-state index contributed by atoms with van der Waals surface area (Å²) in [6.07, 6.45) is -0.185. The van der Waals surface area contributed by atoms with Gasteiger partial charge in [-0.15, -0.1) is 0 Å². The van der Waals surface area contributed by atoms with Crippen molar-refractivity contribution >= 4 is 10.0 Å². The predicted octanol–water partition coefficient (Wildman–Crippen LogP) is 0.0202. The highest BCUT2D eigenvalue weighted by Gasteiger charge is 2.31. The first kappa shape index (κ1) is 13.9. The summed E-state index contributed by atoms with van der Waals surface area (Å²) in [6, 6.07) is -0.142. The molecule has 0 radical (unpaired) electrons. The van der Waals surface area contributed by atoms with Crippen molar-refractivity contribution in [3.63, 3.8) is 0 Å². The summed E-state index contributed by atoms with van der Waals surface area (Å²) in [6.45, 7) is 6.90. The van der Waals surface area contributed by atoms with Gasteiger partial charge in [-0.25, -0.2) is 8.42 Å². The average Bonchev–Trinajstić information content (AvgIpc) is 2.16. The molecule has 1 rings (SSSR count). The number of hydrogen-bond acceptors (Lipinski definition) is 4. The maximum Gasteiger partial charge on any atom is 0.214 e. The van der Waals surface area contributed by atoms with Crippen LogP contribution in [0.2, 0.25) is 0 Å². The van der Waals surface area contributed by atoms with Gasteiger partial charge in [-0.05, 0) is 12.8 Å². The minimum Gasteiger partial charge on any atom is -0.374 e. The Hall–Kier alpha value is -0.170. The second kappa shape index (κ2) is 5.44. The van der Waals surface area contributed by atoms with E-state index in [0.29, 0.717) is 19.7 Å². The maximum atomic E-state index is 12.0. The quantitative estimate of drug-likeness (QED) is 0.763. The minimum atomic E-state index is -3.15. The number of rotatable bonds is 4. The summed E-state index contributed by atoms with van der Waals surface area (Å²) >= 11 is 0. The van der Waals surface area contributed by atoms with Crippen molar-refractivity contribution in [1.29, 1.82) is 0 Å². The van der Waals surface area contributed by atoms with Crippen LogP contribution in [0, 0.1) is 5.92 Å². The largest absolute Gasteiger partial charge is 0.374 e. The Morgan fingerprint density at radius 1 is 1.44 bits per heavy atom. The van der Waals surface area contributed by atoms with Gasteiger partial charge in [0.1, 0.15) is 0 Å². The molecule has 0 bridgehead atoms. The van der Waals surface area contributed by atoms with Crippen molar-refractivity contribution in [2.24, 2.45) is 11.7 Å². The zero-order chi connectivity index (χ0) is 12.3. The van der Waals surface area contributed by atoms with E-state index >= 15 is 0 Å². The van der Waals surface area contributed by atoms with E-state index in [9.17, 15) is 8.42 Å². The summed E-state index contributed by atoms with van der Waals surface area (Å²) in [4.78, 5) is 0. The molecule has 0 saturated carbocycles. The van der Waals surface area contributed by atoms with Crippen LogP contribution in [0.5, 0.6) is 0 Å². The fourth-order valence-corrected chi connectivity index (χ4v) is 3.53. The van der Waals surface area contributed by atoms with Crippen LogP contribution < -0.4 is 5.73 Å². The lowest BCUT2D eigenvalue weighted by molar-refractivity contribution is -0.0120. The molecule has 1 fully saturated rings. The van der Waals surface area contributed by atoms with Gasteiger partial charge in [0, 0.05) is 19.1 Å². The molecule has 5 nitrogen and oxygen atoms in total. The molecule has 0 aromatic rings. The monoisotopic (exact) mass is 250 g/mol. The van der Waals surface area contributed by atoms with E-state index in [2.05, 4.69) is 0 Å². The molecule has 1 heterocycles. The zero-order valence-electron chi connectivity index (χ0n) is 10.2. The van der Waals surface area contributed by atoms with E-state index < -0.39 is 10.0 Å². The number of ether oxygens (including phenoxy) is 1. The van der Waals surface area contributed by atoms with Crippen LogP contribution in [0.4, 0.5) is 0 Å². The summed E-state index contributed by atoms with van der Waals surface area (Å²) in [5.74, 6) is 0.333. The summed E-state index contributed by atoms with van der Waals surface area (Å²) in [5, 5.41) is 0. The molecular weight excluding hydrogens is 228 g/mol. The molecule has 2 atom stereocenters. The van der Waals surface area contributed by atoms with Crippen molar-refractivity contribution in [2.75, 3.05) is 25.4 Å². The third kappa shape index (κ3) is 3.69. The van der Waals surface area contributed by atoms with Gasteiger partial charge in [0.15, 0.2) is 0 Å². The summed E-state index contributed by atoms with van der Waals surface area (Å²) < 4.78 is 30.9. The Bertz CT molecular complexity index is 314.